The zero-order valence-electron chi connectivity index (χ0n) is 16.1. The van der Waals surface area contributed by atoms with Crippen LogP contribution in [0.5, 0.6) is 0 Å². The lowest BCUT2D eigenvalue weighted by Gasteiger charge is -2.11. The lowest BCUT2D eigenvalue weighted by Crippen LogP contribution is -2.17. The highest BCUT2D eigenvalue weighted by Crippen LogP contribution is 2.30. The van der Waals surface area contributed by atoms with E-state index in [4.69, 9.17) is 4.99 Å². The van der Waals surface area contributed by atoms with Crippen LogP contribution < -0.4 is 0 Å². The fourth-order valence-electron chi connectivity index (χ4n) is 3.19. The van der Waals surface area contributed by atoms with Crippen LogP contribution in [-0.4, -0.2) is 28.6 Å². The van der Waals surface area contributed by atoms with Crippen molar-refractivity contribution >= 4 is 13.8 Å². The van der Waals surface area contributed by atoms with E-state index in [1.165, 1.54) is 0 Å². The average molecular weight is 371 g/mol. The van der Waals surface area contributed by atoms with E-state index in [0.717, 1.165) is 34.2 Å². The topological polar surface area (TPSA) is 43.1 Å². The van der Waals surface area contributed by atoms with Crippen molar-refractivity contribution in [2.45, 2.75) is 32.6 Å². The van der Waals surface area contributed by atoms with Crippen molar-refractivity contribution in [2.24, 2.45) is 4.99 Å². The predicted octanol–water partition coefficient (Wildman–Crippen LogP) is 4.35. The van der Waals surface area contributed by atoms with Crippen molar-refractivity contribution in [1.29, 1.82) is 0 Å². The minimum absolute atomic E-state index is 0.333. The summed E-state index contributed by atoms with van der Waals surface area (Å²) in [6.07, 6.45) is 0. The Balaban J connectivity index is 2.01. The van der Waals surface area contributed by atoms with Crippen LogP contribution in [0.4, 0.5) is 0 Å². The fourth-order valence-corrected chi connectivity index (χ4v) is 3.76. The van der Waals surface area contributed by atoms with E-state index in [1.807, 2.05) is 37.3 Å². The van der Waals surface area contributed by atoms with Crippen molar-refractivity contribution in [3.8, 4) is 17.2 Å². The van der Waals surface area contributed by atoms with Crippen molar-refractivity contribution in [3.05, 3.63) is 77.4 Å². The third kappa shape index (κ3) is 3.36. The molecule has 0 radical (unpaired) electrons. The zero-order valence-corrected chi connectivity index (χ0v) is 17.1. The van der Waals surface area contributed by atoms with Crippen molar-refractivity contribution in [1.82, 2.24) is 14.8 Å². The Hall–Kier alpha value is -2.97. The minimum Gasteiger partial charge on any atom is -0.280 e. The summed E-state index contributed by atoms with van der Waals surface area (Å²) in [5.41, 5.74) is 7.63. The Bertz CT molecular complexity index is 1080. The number of aliphatic imine (C=N–C) groups is 1. The van der Waals surface area contributed by atoms with Gasteiger partial charge in [0.1, 0.15) is 13.9 Å². The smallest absolute Gasteiger partial charge is 0.174 e. The molecule has 0 aliphatic carbocycles. The predicted molar refractivity (Wildman–Crippen MR) is 112 cm³/mol. The lowest BCUT2D eigenvalue weighted by atomic mass is 10.0. The van der Waals surface area contributed by atoms with Crippen LogP contribution in [-0.2, 0) is 0 Å². The molecule has 134 valence electrons. The highest BCUT2D eigenvalue weighted by Gasteiger charge is 2.27. The van der Waals surface area contributed by atoms with Crippen LogP contribution in [0.25, 0.3) is 5.69 Å². The third-order valence-electron chi connectivity index (χ3n) is 4.38. The van der Waals surface area contributed by atoms with Crippen LogP contribution in [0.3, 0.4) is 0 Å². The summed E-state index contributed by atoms with van der Waals surface area (Å²) in [5, 5.41) is 8.76. The first-order valence-electron chi connectivity index (χ1n) is 9.12. The summed E-state index contributed by atoms with van der Waals surface area (Å²) < 4.78 is 2.10. The lowest BCUT2D eigenvalue weighted by molar-refractivity contribution is 0.799. The fraction of sp³-hybridized carbons (Fsp3) is 0.227. The molecule has 1 aliphatic heterocycles. The molecule has 1 aliphatic rings. The van der Waals surface area contributed by atoms with Gasteiger partial charge < -0.3 is 0 Å². The van der Waals surface area contributed by atoms with Crippen molar-refractivity contribution < 1.29 is 0 Å². The van der Waals surface area contributed by atoms with E-state index in [9.17, 15) is 0 Å². The van der Waals surface area contributed by atoms with Crippen molar-refractivity contribution in [2.75, 3.05) is 0 Å². The SMILES string of the molecule is Cc1nnc2n1-c1ccccc1C(c1ccccc1)=NC2C#C[Si](C)(C)C. The Kier molecular flexibility index (Phi) is 4.29. The maximum atomic E-state index is 5.09. The van der Waals surface area contributed by atoms with Gasteiger partial charge >= 0.3 is 0 Å². The van der Waals surface area contributed by atoms with E-state index in [-0.39, 0.29) is 6.04 Å². The molecule has 1 unspecified atom stereocenters. The molecule has 2 aromatic carbocycles. The van der Waals surface area contributed by atoms with Crippen LogP contribution >= 0.6 is 0 Å². The second-order valence-electron chi connectivity index (χ2n) is 7.72. The number of benzene rings is 2. The summed E-state index contributed by atoms with van der Waals surface area (Å²) >= 11 is 0. The molecular formula is C22H22N4Si. The molecule has 27 heavy (non-hydrogen) atoms. The van der Waals surface area contributed by atoms with E-state index < -0.39 is 8.07 Å². The van der Waals surface area contributed by atoms with Gasteiger partial charge in [0.05, 0.1) is 11.4 Å². The van der Waals surface area contributed by atoms with Gasteiger partial charge in [0.15, 0.2) is 11.9 Å². The number of nitrogens with zero attached hydrogens (tertiary/aromatic N) is 4. The normalized spacial score (nSPS) is 15.7. The van der Waals surface area contributed by atoms with Gasteiger partial charge in [-0.25, -0.2) is 0 Å². The van der Waals surface area contributed by atoms with Gasteiger partial charge in [-0.1, -0.05) is 74.1 Å². The maximum absolute atomic E-state index is 5.09. The van der Waals surface area contributed by atoms with Crippen molar-refractivity contribution in [3.63, 3.8) is 0 Å². The summed E-state index contributed by atoms with van der Waals surface area (Å²) in [6, 6.07) is 18.3. The van der Waals surface area contributed by atoms with Crippen LogP contribution in [0.1, 0.15) is 28.8 Å². The molecule has 0 fully saturated rings. The first-order chi connectivity index (χ1) is 12.9. The zero-order chi connectivity index (χ0) is 19.0. The quantitative estimate of drug-likeness (QED) is 0.472. The Morgan fingerprint density at radius 2 is 1.63 bits per heavy atom. The van der Waals surface area contributed by atoms with Gasteiger partial charge in [-0.2, -0.15) is 0 Å². The molecule has 1 aromatic heterocycles. The van der Waals surface area contributed by atoms with Crippen LogP contribution in [0.15, 0.2) is 59.6 Å². The first-order valence-corrected chi connectivity index (χ1v) is 12.6. The molecule has 3 aromatic rings. The van der Waals surface area contributed by atoms with E-state index in [1.54, 1.807) is 0 Å². The standard InChI is InChI=1S/C22H22N4Si/c1-16-24-25-22-19(14-15-27(2,3)4)23-21(17-10-6-5-7-11-17)18-12-8-9-13-20(18)26(16)22/h5-13,19H,1-4H3. The second-order valence-corrected chi connectivity index (χ2v) is 12.5. The number of fused-ring (bicyclic) bond motifs is 3. The Morgan fingerprint density at radius 3 is 2.37 bits per heavy atom. The summed E-state index contributed by atoms with van der Waals surface area (Å²) in [7, 11) is -1.54. The summed E-state index contributed by atoms with van der Waals surface area (Å²) in [5.74, 6) is 5.04. The molecule has 4 rings (SSSR count). The number of aromatic nitrogens is 3. The maximum Gasteiger partial charge on any atom is 0.174 e. The largest absolute Gasteiger partial charge is 0.280 e. The molecule has 1 atom stereocenters. The monoisotopic (exact) mass is 370 g/mol. The molecule has 2 heterocycles. The molecule has 5 heteroatoms. The molecular weight excluding hydrogens is 348 g/mol. The molecule has 0 amide bonds. The molecule has 4 nitrogen and oxygen atoms in total. The Morgan fingerprint density at radius 1 is 0.926 bits per heavy atom. The van der Waals surface area contributed by atoms with Gasteiger partial charge in [-0.05, 0) is 13.0 Å². The molecule has 0 bridgehead atoms. The highest BCUT2D eigenvalue weighted by atomic mass is 28.3. The minimum atomic E-state index is -1.54. The van der Waals surface area contributed by atoms with Gasteiger partial charge in [-0.3, -0.25) is 9.56 Å². The number of aryl methyl sites for hydroxylation is 1. The average Bonchev–Trinajstić information content (AvgIpc) is 2.96. The molecule has 0 N–H and O–H groups in total. The highest BCUT2D eigenvalue weighted by molar-refractivity contribution is 6.83. The van der Waals surface area contributed by atoms with Gasteiger partial charge in [0.25, 0.3) is 0 Å². The van der Waals surface area contributed by atoms with Gasteiger partial charge in [0, 0.05) is 11.1 Å². The molecule has 0 spiro atoms. The number of hydrogen-bond donors (Lipinski definition) is 0. The Labute approximate surface area is 161 Å². The van der Waals surface area contributed by atoms with Gasteiger partial charge in [-0.15, -0.1) is 15.7 Å². The first kappa shape index (κ1) is 17.4. The van der Waals surface area contributed by atoms with Crippen LogP contribution in [0.2, 0.25) is 19.6 Å². The van der Waals surface area contributed by atoms with E-state index in [0.29, 0.717) is 0 Å². The summed E-state index contributed by atoms with van der Waals surface area (Å²) in [6.45, 7) is 8.69. The summed E-state index contributed by atoms with van der Waals surface area (Å²) in [4.78, 5) is 5.09. The molecule has 0 saturated heterocycles. The number of hydrogen-bond acceptors (Lipinski definition) is 3. The van der Waals surface area contributed by atoms with Crippen LogP contribution in [0, 0.1) is 18.4 Å². The molecule has 0 saturated carbocycles. The number of para-hydroxylation sites is 1. The van der Waals surface area contributed by atoms with Gasteiger partial charge in [0.2, 0.25) is 0 Å². The van der Waals surface area contributed by atoms with E-state index >= 15 is 0 Å². The third-order valence-corrected chi connectivity index (χ3v) is 5.28. The van der Waals surface area contributed by atoms with E-state index in [2.05, 4.69) is 70.1 Å². The second kappa shape index (κ2) is 6.64. The number of rotatable bonds is 1.